The fourth-order valence-corrected chi connectivity index (χ4v) is 2.66. The molecule has 0 spiro atoms. The Balaban J connectivity index is 1.63. The monoisotopic (exact) mass is 354 g/mol. The van der Waals surface area contributed by atoms with E-state index in [-0.39, 0.29) is 24.0 Å². The summed E-state index contributed by atoms with van der Waals surface area (Å²) in [5.41, 5.74) is 2.01. The standard InChI is InChI=1S/C20H19FN2O3/c1-23(13-18(24)15-7-3-2-4-8-15)20(25)19-12-17(22-26-19)11-14-6-5-9-16(21)10-14/h2-10,12,18,24H,11,13H2,1H3. The second-order valence-electron chi connectivity index (χ2n) is 6.10. The van der Waals surface area contributed by atoms with Crippen molar-refractivity contribution < 1.29 is 18.8 Å². The molecule has 3 aromatic rings. The van der Waals surface area contributed by atoms with Crippen LogP contribution in [-0.2, 0) is 6.42 Å². The number of hydrogen-bond acceptors (Lipinski definition) is 4. The summed E-state index contributed by atoms with van der Waals surface area (Å²) in [4.78, 5) is 13.8. The van der Waals surface area contributed by atoms with Crippen molar-refractivity contribution >= 4 is 5.91 Å². The third-order valence-electron chi connectivity index (χ3n) is 4.02. The molecule has 1 aromatic heterocycles. The van der Waals surface area contributed by atoms with Gasteiger partial charge in [0.05, 0.1) is 18.3 Å². The molecule has 1 amide bonds. The van der Waals surface area contributed by atoms with Crippen molar-refractivity contribution in [1.82, 2.24) is 10.1 Å². The number of likely N-dealkylation sites (N-methyl/N-ethyl adjacent to an activating group) is 1. The van der Waals surface area contributed by atoms with Crippen LogP contribution in [-0.4, -0.2) is 34.7 Å². The van der Waals surface area contributed by atoms with Crippen molar-refractivity contribution in [2.24, 2.45) is 0 Å². The zero-order valence-electron chi connectivity index (χ0n) is 14.3. The Morgan fingerprint density at radius 3 is 2.69 bits per heavy atom. The summed E-state index contributed by atoms with van der Waals surface area (Å²) in [5, 5.41) is 14.1. The summed E-state index contributed by atoms with van der Waals surface area (Å²) in [6, 6.07) is 16.8. The average molecular weight is 354 g/mol. The Morgan fingerprint density at radius 2 is 1.96 bits per heavy atom. The van der Waals surface area contributed by atoms with E-state index in [1.165, 1.54) is 17.0 Å². The molecule has 5 nitrogen and oxygen atoms in total. The number of carbonyl (C=O) groups is 1. The molecule has 0 aliphatic heterocycles. The maximum absolute atomic E-state index is 13.2. The average Bonchev–Trinajstić information content (AvgIpc) is 3.10. The zero-order valence-corrected chi connectivity index (χ0v) is 14.3. The maximum atomic E-state index is 13.2. The van der Waals surface area contributed by atoms with Crippen LogP contribution in [0, 0.1) is 5.82 Å². The summed E-state index contributed by atoms with van der Waals surface area (Å²) in [5.74, 6) is -0.617. The molecule has 26 heavy (non-hydrogen) atoms. The first-order chi connectivity index (χ1) is 12.5. The molecule has 1 atom stereocenters. The predicted octanol–water partition coefficient (Wildman–Crippen LogP) is 3.21. The SMILES string of the molecule is CN(CC(O)c1ccccc1)C(=O)c1cc(Cc2cccc(F)c2)no1. The quantitative estimate of drug-likeness (QED) is 0.738. The van der Waals surface area contributed by atoms with E-state index in [4.69, 9.17) is 4.52 Å². The number of aliphatic hydroxyl groups is 1. The van der Waals surface area contributed by atoms with Gasteiger partial charge in [-0.15, -0.1) is 0 Å². The minimum absolute atomic E-state index is 0.0826. The molecule has 0 radical (unpaired) electrons. The molecule has 0 saturated carbocycles. The van der Waals surface area contributed by atoms with Crippen LogP contribution in [0.15, 0.2) is 65.2 Å². The van der Waals surface area contributed by atoms with Gasteiger partial charge in [-0.05, 0) is 23.3 Å². The van der Waals surface area contributed by atoms with Gasteiger partial charge in [0.15, 0.2) is 0 Å². The number of nitrogens with zero attached hydrogens (tertiary/aromatic N) is 2. The molecular formula is C20H19FN2O3. The van der Waals surface area contributed by atoms with E-state index in [0.29, 0.717) is 12.1 Å². The second-order valence-corrected chi connectivity index (χ2v) is 6.10. The lowest BCUT2D eigenvalue weighted by atomic mass is 10.1. The smallest absolute Gasteiger partial charge is 0.292 e. The minimum Gasteiger partial charge on any atom is -0.387 e. The van der Waals surface area contributed by atoms with E-state index in [0.717, 1.165) is 11.1 Å². The molecule has 0 aliphatic carbocycles. The molecular weight excluding hydrogens is 335 g/mol. The molecule has 2 aromatic carbocycles. The fraction of sp³-hybridized carbons (Fsp3) is 0.200. The topological polar surface area (TPSA) is 66.6 Å². The van der Waals surface area contributed by atoms with Gasteiger partial charge in [-0.3, -0.25) is 4.79 Å². The zero-order chi connectivity index (χ0) is 18.5. The molecule has 0 fully saturated rings. The summed E-state index contributed by atoms with van der Waals surface area (Å²) in [7, 11) is 1.59. The highest BCUT2D eigenvalue weighted by Crippen LogP contribution is 2.16. The highest BCUT2D eigenvalue weighted by atomic mass is 19.1. The molecule has 1 N–H and O–H groups in total. The van der Waals surface area contributed by atoms with Gasteiger partial charge in [-0.25, -0.2) is 4.39 Å². The number of aromatic nitrogens is 1. The summed E-state index contributed by atoms with van der Waals surface area (Å²) >= 11 is 0. The molecule has 0 aliphatic rings. The van der Waals surface area contributed by atoms with Crippen LogP contribution in [0.4, 0.5) is 4.39 Å². The summed E-state index contributed by atoms with van der Waals surface area (Å²) < 4.78 is 18.4. The van der Waals surface area contributed by atoms with Gasteiger partial charge in [0.1, 0.15) is 5.82 Å². The predicted molar refractivity (Wildman–Crippen MR) is 94.1 cm³/mol. The largest absolute Gasteiger partial charge is 0.387 e. The molecule has 134 valence electrons. The Labute approximate surface area is 150 Å². The van der Waals surface area contributed by atoms with Crippen LogP contribution in [0.3, 0.4) is 0 Å². The van der Waals surface area contributed by atoms with Crippen LogP contribution in [0.5, 0.6) is 0 Å². The van der Waals surface area contributed by atoms with Crippen LogP contribution in [0.2, 0.25) is 0 Å². The van der Waals surface area contributed by atoms with E-state index >= 15 is 0 Å². The first-order valence-electron chi connectivity index (χ1n) is 8.21. The van der Waals surface area contributed by atoms with Gasteiger partial charge < -0.3 is 14.5 Å². The fourth-order valence-electron chi connectivity index (χ4n) is 2.66. The van der Waals surface area contributed by atoms with Crippen LogP contribution < -0.4 is 0 Å². The van der Waals surface area contributed by atoms with E-state index in [2.05, 4.69) is 5.16 Å². The number of aliphatic hydroxyl groups excluding tert-OH is 1. The Kier molecular flexibility index (Phi) is 5.43. The van der Waals surface area contributed by atoms with Crippen molar-refractivity contribution in [3.63, 3.8) is 0 Å². The third-order valence-corrected chi connectivity index (χ3v) is 4.02. The van der Waals surface area contributed by atoms with Gasteiger partial charge in [0.25, 0.3) is 5.91 Å². The number of carbonyl (C=O) groups excluding carboxylic acids is 1. The normalized spacial score (nSPS) is 12.0. The second kappa shape index (κ2) is 7.93. The molecule has 3 rings (SSSR count). The highest BCUT2D eigenvalue weighted by Gasteiger charge is 2.20. The molecule has 1 unspecified atom stereocenters. The molecule has 1 heterocycles. The lowest BCUT2D eigenvalue weighted by Crippen LogP contribution is -2.30. The van der Waals surface area contributed by atoms with E-state index in [1.807, 2.05) is 18.2 Å². The van der Waals surface area contributed by atoms with E-state index in [9.17, 15) is 14.3 Å². The maximum Gasteiger partial charge on any atom is 0.292 e. The third kappa shape index (κ3) is 4.34. The van der Waals surface area contributed by atoms with Crippen molar-refractivity contribution in [2.45, 2.75) is 12.5 Å². The number of rotatable bonds is 6. The van der Waals surface area contributed by atoms with Crippen molar-refractivity contribution in [3.8, 4) is 0 Å². The first-order valence-corrected chi connectivity index (χ1v) is 8.21. The van der Waals surface area contributed by atoms with Crippen molar-refractivity contribution in [1.29, 1.82) is 0 Å². The molecule has 0 bridgehead atoms. The summed E-state index contributed by atoms with van der Waals surface area (Å²) in [6.07, 6.45) is -0.426. The lowest BCUT2D eigenvalue weighted by molar-refractivity contribution is 0.0642. The number of halogens is 1. The Hall–Kier alpha value is -2.99. The number of benzene rings is 2. The van der Waals surface area contributed by atoms with Gasteiger partial charge >= 0.3 is 0 Å². The van der Waals surface area contributed by atoms with Gasteiger partial charge in [0.2, 0.25) is 5.76 Å². The lowest BCUT2D eigenvalue weighted by Gasteiger charge is -2.19. The van der Waals surface area contributed by atoms with Crippen LogP contribution in [0.25, 0.3) is 0 Å². The molecule has 6 heteroatoms. The van der Waals surface area contributed by atoms with Crippen molar-refractivity contribution in [2.75, 3.05) is 13.6 Å². The summed E-state index contributed by atoms with van der Waals surface area (Å²) in [6.45, 7) is 0.128. The number of amides is 1. The van der Waals surface area contributed by atoms with Gasteiger partial charge in [-0.1, -0.05) is 47.6 Å². The first kappa shape index (κ1) is 17.8. The highest BCUT2D eigenvalue weighted by molar-refractivity contribution is 5.91. The van der Waals surface area contributed by atoms with Gasteiger partial charge in [0, 0.05) is 19.5 Å². The molecule has 0 saturated heterocycles. The van der Waals surface area contributed by atoms with E-state index < -0.39 is 6.10 Å². The Morgan fingerprint density at radius 1 is 1.19 bits per heavy atom. The van der Waals surface area contributed by atoms with E-state index in [1.54, 1.807) is 37.4 Å². The number of hydrogen-bond donors (Lipinski definition) is 1. The Bertz CT molecular complexity index is 880. The van der Waals surface area contributed by atoms with Crippen LogP contribution >= 0.6 is 0 Å². The van der Waals surface area contributed by atoms with Crippen molar-refractivity contribution in [3.05, 3.63) is 89.1 Å². The van der Waals surface area contributed by atoms with Gasteiger partial charge in [-0.2, -0.15) is 0 Å². The van der Waals surface area contributed by atoms with Crippen LogP contribution in [0.1, 0.15) is 33.5 Å². The minimum atomic E-state index is -0.792.